The van der Waals surface area contributed by atoms with Crippen LogP contribution < -0.4 is 4.90 Å². The molecule has 2 aromatic heterocycles. The molecule has 0 fully saturated rings. The molecule has 0 saturated heterocycles. The fraction of sp³-hybridized carbons (Fsp3) is 0.176. The van der Waals surface area contributed by atoms with Gasteiger partial charge < -0.3 is 9.47 Å². The lowest BCUT2D eigenvalue weighted by Crippen LogP contribution is -2.23. The molecular weight excluding hydrogens is 296 g/mol. The van der Waals surface area contributed by atoms with Crippen LogP contribution in [0.15, 0.2) is 42.7 Å². The van der Waals surface area contributed by atoms with E-state index in [9.17, 15) is 0 Å². The summed E-state index contributed by atoms with van der Waals surface area (Å²) >= 11 is 6.40. The lowest BCUT2D eigenvalue weighted by atomic mass is 10.0. The molecule has 0 bridgehead atoms. The van der Waals surface area contributed by atoms with Crippen LogP contribution in [-0.2, 0) is 13.6 Å². The molecule has 0 radical (unpaired) electrons. The summed E-state index contributed by atoms with van der Waals surface area (Å²) in [7, 11) is 2.01. The highest BCUT2D eigenvalue weighted by Crippen LogP contribution is 2.42. The van der Waals surface area contributed by atoms with Crippen molar-refractivity contribution >= 4 is 23.1 Å². The van der Waals surface area contributed by atoms with E-state index in [1.807, 2.05) is 50.6 Å². The predicted molar refractivity (Wildman–Crippen MR) is 88.5 cm³/mol. The molecule has 22 heavy (non-hydrogen) atoms. The van der Waals surface area contributed by atoms with Crippen molar-refractivity contribution in [2.24, 2.45) is 7.05 Å². The zero-order valence-corrected chi connectivity index (χ0v) is 13.2. The molecule has 1 aliphatic heterocycles. The van der Waals surface area contributed by atoms with Crippen LogP contribution in [0, 0.1) is 6.92 Å². The molecule has 5 heteroatoms. The number of aryl methyl sites for hydroxylation is 2. The minimum atomic E-state index is 0.670. The molecule has 0 unspecified atom stereocenters. The third-order valence-corrected chi connectivity index (χ3v) is 4.31. The number of halogens is 1. The van der Waals surface area contributed by atoms with Crippen LogP contribution in [0.3, 0.4) is 0 Å². The first-order chi connectivity index (χ1) is 10.6. The maximum absolute atomic E-state index is 6.40. The predicted octanol–water partition coefficient (Wildman–Crippen LogP) is 4.10. The van der Waals surface area contributed by atoms with Gasteiger partial charge in [0.1, 0.15) is 5.82 Å². The largest absolute Gasteiger partial charge is 0.333 e. The van der Waals surface area contributed by atoms with Crippen molar-refractivity contribution in [2.45, 2.75) is 13.5 Å². The molecule has 0 spiro atoms. The Labute approximate surface area is 134 Å². The van der Waals surface area contributed by atoms with Gasteiger partial charge in [0.2, 0.25) is 0 Å². The lowest BCUT2D eigenvalue weighted by Gasteiger charge is -2.30. The van der Waals surface area contributed by atoms with Crippen LogP contribution in [0.2, 0.25) is 5.02 Å². The molecule has 0 aliphatic carbocycles. The van der Waals surface area contributed by atoms with Crippen molar-refractivity contribution in [1.29, 1.82) is 0 Å². The van der Waals surface area contributed by atoms with Gasteiger partial charge in [0.25, 0.3) is 0 Å². The van der Waals surface area contributed by atoms with Gasteiger partial charge >= 0.3 is 0 Å². The third kappa shape index (κ3) is 1.91. The van der Waals surface area contributed by atoms with Crippen molar-refractivity contribution in [3.8, 4) is 11.3 Å². The van der Waals surface area contributed by atoms with E-state index < -0.39 is 0 Å². The quantitative estimate of drug-likeness (QED) is 0.678. The van der Waals surface area contributed by atoms with Gasteiger partial charge in [0.15, 0.2) is 0 Å². The summed E-state index contributed by atoms with van der Waals surface area (Å²) in [5, 5.41) is 0.719. The Bertz CT molecular complexity index is 869. The molecular formula is C17H15ClN4. The molecule has 110 valence electrons. The maximum Gasteiger partial charge on any atom is 0.143 e. The Hall–Kier alpha value is -2.33. The minimum Gasteiger partial charge on any atom is -0.333 e. The Morgan fingerprint density at radius 1 is 1.14 bits per heavy atom. The molecule has 1 aromatic carbocycles. The monoisotopic (exact) mass is 310 g/mol. The summed E-state index contributed by atoms with van der Waals surface area (Å²) in [5.41, 5.74) is 5.21. The number of anilines is 2. The highest BCUT2D eigenvalue weighted by molar-refractivity contribution is 6.33. The number of para-hydroxylation sites is 1. The zero-order chi connectivity index (χ0) is 15.3. The fourth-order valence-electron chi connectivity index (χ4n) is 2.97. The van der Waals surface area contributed by atoms with E-state index in [2.05, 4.69) is 20.5 Å². The number of pyridine rings is 1. The number of imidazole rings is 1. The van der Waals surface area contributed by atoms with E-state index in [1.165, 1.54) is 0 Å². The summed E-state index contributed by atoms with van der Waals surface area (Å²) in [4.78, 5) is 11.4. The van der Waals surface area contributed by atoms with E-state index in [-0.39, 0.29) is 0 Å². The number of fused-ring (bicyclic) bond motifs is 3. The van der Waals surface area contributed by atoms with E-state index in [1.54, 1.807) is 0 Å². The van der Waals surface area contributed by atoms with Gasteiger partial charge in [-0.25, -0.2) is 9.97 Å². The van der Waals surface area contributed by atoms with Gasteiger partial charge in [-0.05, 0) is 31.2 Å². The van der Waals surface area contributed by atoms with Crippen molar-refractivity contribution in [3.63, 3.8) is 0 Å². The number of benzene rings is 1. The second-order valence-electron chi connectivity index (χ2n) is 5.51. The molecule has 4 nitrogen and oxygen atoms in total. The number of hydrogen-bond acceptors (Lipinski definition) is 3. The molecule has 0 N–H and O–H groups in total. The van der Waals surface area contributed by atoms with Gasteiger partial charge in [-0.2, -0.15) is 0 Å². The fourth-order valence-corrected chi connectivity index (χ4v) is 3.21. The second-order valence-corrected chi connectivity index (χ2v) is 5.92. The standard InChI is InChI=1S/C17H15ClN4/c1-11-7-8-12-16-14(19-10-21(16)2)9-22(17(12)20-11)15-6-4-3-5-13(15)18/h3-8,10H,9H2,1-2H3. The minimum absolute atomic E-state index is 0.670. The summed E-state index contributed by atoms with van der Waals surface area (Å²) in [6.45, 7) is 2.67. The molecule has 0 saturated carbocycles. The highest BCUT2D eigenvalue weighted by atomic mass is 35.5. The van der Waals surface area contributed by atoms with Crippen molar-refractivity contribution in [2.75, 3.05) is 4.90 Å². The van der Waals surface area contributed by atoms with E-state index in [4.69, 9.17) is 16.6 Å². The molecule has 3 aromatic rings. The molecule has 0 amide bonds. The van der Waals surface area contributed by atoms with Crippen LogP contribution in [0.25, 0.3) is 11.3 Å². The van der Waals surface area contributed by atoms with E-state index >= 15 is 0 Å². The average Bonchev–Trinajstić information content (AvgIpc) is 2.88. The Morgan fingerprint density at radius 2 is 1.95 bits per heavy atom. The van der Waals surface area contributed by atoms with Crippen LogP contribution in [0.1, 0.15) is 11.4 Å². The maximum atomic E-state index is 6.40. The number of rotatable bonds is 1. The van der Waals surface area contributed by atoms with Crippen molar-refractivity contribution in [1.82, 2.24) is 14.5 Å². The summed E-state index contributed by atoms with van der Waals surface area (Å²) in [6.07, 6.45) is 1.85. The molecule has 4 rings (SSSR count). The number of nitrogens with zero attached hydrogens (tertiary/aromatic N) is 4. The van der Waals surface area contributed by atoms with Crippen LogP contribution in [0.4, 0.5) is 11.5 Å². The molecule has 1 aliphatic rings. The van der Waals surface area contributed by atoms with Crippen molar-refractivity contribution in [3.05, 3.63) is 59.1 Å². The second kappa shape index (κ2) is 4.85. The van der Waals surface area contributed by atoms with Crippen LogP contribution in [-0.4, -0.2) is 14.5 Å². The van der Waals surface area contributed by atoms with Gasteiger partial charge in [-0.3, -0.25) is 0 Å². The summed E-state index contributed by atoms with van der Waals surface area (Å²) in [6, 6.07) is 12.0. The Morgan fingerprint density at radius 3 is 2.77 bits per heavy atom. The number of aromatic nitrogens is 3. The van der Waals surface area contributed by atoms with Crippen LogP contribution in [0.5, 0.6) is 0 Å². The van der Waals surface area contributed by atoms with Gasteiger partial charge in [-0.1, -0.05) is 23.7 Å². The third-order valence-electron chi connectivity index (χ3n) is 3.99. The van der Waals surface area contributed by atoms with Gasteiger partial charge in [-0.15, -0.1) is 0 Å². The highest BCUT2D eigenvalue weighted by Gasteiger charge is 2.28. The molecule has 0 atom stereocenters. The summed E-state index contributed by atoms with van der Waals surface area (Å²) in [5.74, 6) is 0.934. The van der Waals surface area contributed by atoms with Gasteiger partial charge in [0.05, 0.1) is 35.0 Å². The molecule has 3 heterocycles. The lowest BCUT2D eigenvalue weighted by molar-refractivity contribution is 0.880. The van der Waals surface area contributed by atoms with E-state index in [0.29, 0.717) is 6.54 Å². The van der Waals surface area contributed by atoms with Gasteiger partial charge in [0, 0.05) is 18.3 Å². The average molecular weight is 311 g/mol. The zero-order valence-electron chi connectivity index (χ0n) is 12.4. The SMILES string of the molecule is Cc1ccc2c(n1)N(c1ccccc1Cl)Cc1ncn(C)c1-2. The van der Waals surface area contributed by atoms with Crippen molar-refractivity contribution < 1.29 is 0 Å². The first-order valence-electron chi connectivity index (χ1n) is 7.15. The van der Waals surface area contributed by atoms with Crippen LogP contribution >= 0.6 is 11.6 Å². The van der Waals surface area contributed by atoms with E-state index in [0.717, 1.165) is 39.2 Å². The Balaban J connectivity index is 1.97. The Kier molecular flexibility index (Phi) is 2.94. The number of hydrogen-bond donors (Lipinski definition) is 0. The smallest absolute Gasteiger partial charge is 0.143 e. The normalized spacial score (nSPS) is 13.0. The first-order valence-corrected chi connectivity index (χ1v) is 7.53. The summed E-state index contributed by atoms with van der Waals surface area (Å²) < 4.78 is 2.05. The first kappa shape index (κ1) is 13.3. The topological polar surface area (TPSA) is 34.0 Å².